The van der Waals surface area contributed by atoms with E-state index >= 15 is 0 Å². The van der Waals surface area contributed by atoms with E-state index in [2.05, 4.69) is 0 Å². The van der Waals surface area contributed by atoms with Gasteiger partial charge in [-0.2, -0.15) is 0 Å². The minimum atomic E-state index is -0.986. The number of hydrogen-bond acceptors (Lipinski definition) is 2. The number of aliphatic hydroxyl groups is 1. The van der Waals surface area contributed by atoms with Gasteiger partial charge >= 0.3 is 0 Å². The highest BCUT2D eigenvalue weighted by Crippen LogP contribution is 2.35. The van der Waals surface area contributed by atoms with Crippen molar-refractivity contribution in [2.45, 2.75) is 38.7 Å². The zero-order valence-corrected chi connectivity index (χ0v) is 6.55. The minimum Gasteiger partial charge on any atom is -0.382 e. The molecule has 1 aliphatic carbocycles. The summed E-state index contributed by atoms with van der Waals surface area (Å²) in [6.45, 7) is 3.41. The number of carbonyl (C=O) groups is 1. The van der Waals surface area contributed by atoms with Gasteiger partial charge in [-0.15, -0.1) is 0 Å². The molecule has 0 aromatic heterocycles. The molecule has 2 heteroatoms. The molecule has 0 bridgehead atoms. The molecule has 2 atom stereocenters. The van der Waals surface area contributed by atoms with Crippen LogP contribution in [0, 0.1) is 5.92 Å². The molecule has 2 nitrogen and oxygen atoms in total. The molecule has 10 heavy (non-hydrogen) atoms. The summed E-state index contributed by atoms with van der Waals surface area (Å²) >= 11 is 0. The van der Waals surface area contributed by atoms with Crippen LogP contribution in [0.2, 0.25) is 0 Å². The maximum atomic E-state index is 10.9. The zero-order chi connectivity index (χ0) is 7.78. The molecule has 0 spiro atoms. The predicted octanol–water partition coefficient (Wildman–Crippen LogP) is 1.13. The van der Waals surface area contributed by atoms with Crippen molar-refractivity contribution >= 4 is 5.78 Å². The van der Waals surface area contributed by atoms with Gasteiger partial charge in [-0.1, -0.05) is 6.92 Å². The fourth-order valence-corrected chi connectivity index (χ4v) is 1.69. The smallest absolute Gasteiger partial charge is 0.161 e. The molecule has 0 aromatic rings. The molecule has 1 N–H and O–H groups in total. The van der Waals surface area contributed by atoms with Crippen LogP contribution in [-0.4, -0.2) is 16.5 Å². The number of hydrogen-bond donors (Lipinski definition) is 1. The highest BCUT2D eigenvalue weighted by molar-refractivity contribution is 5.85. The Bertz CT molecular complexity index is 153. The van der Waals surface area contributed by atoms with E-state index < -0.39 is 5.60 Å². The van der Waals surface area contributed by atoms with Crippen LogP contribution in [0.25, 0.3) is 0 Å². The van der Waals surface area contributed by atoms with Gasteiger partial charge in [-0.05, 0) is 32.1 Å². The van der Waals surface area contributed by atoms with Crippen molar-refractivity contribution in [3.8, 4) is 0 Å². The molecular formula is C8H14O2. The molecule has 1 rings (SSSR count). The molecular weight excluding hydrogens is 128 g/mol. The second kappa shape index (κ2) is 2.35. The van der Waals surface area contributed by atoms with Crippen molar-refractivity contribution in [1.29, 1.82) is 0 Å². The fourth-order valence-electron chi connectivity index (χ4n) is 1.69. The van der Waals surface area contributed by atoms with Crippen molar-refractivity contribution in [2.75, 3.05) is 0 Å². The third-order valence-corrected chi connectivity index (χ3v) is 2.62. The number of carbonyl (C=O) groups excluding carboxylic acids is 1. The summed E-state index contributed by atoms with van der Waals surface area (Å²) < 4.78 is 0. The summed E-state index contributed by atoms with van der Waals surface area (Å²) in [5.74, 6) is 0.0856. The van der Waals surface area contributed by atoms with Gasteiger partial charge in [-0.25, -0.2) is 0 Å². The molecule has 1 fully saturated rings. The lowest BCUT2D eigenvalue weighted by Crippen LogP contribution is -2.39. The first kappa shape index (κ1) is 7.73. The third kappa shape index (κ3) is 0.966. The van der Waals surface area contributed by atoms with Gasteiger partial charge in [0.1, 0.15) is 5.60 Å². The second-order valence-electron chi connectivity index (χ2n) is 3.27. The molecule has 0 unspecified atom stereocenters. The van der Waals surface area contributed by atoms with Crippen LogP contribution in [0.1, 0.15) is 33.1 Å². The Morgan fingerprint density at radius 3 is 2.50 bits per heavy atom. The third-order valence-electron chi connectivity index (χ3n) is 2.62. The lowest BCUT2D eigenvalue weighted by molar-refractivity contribution is -0.138. The molecule has 0 aliphatic heterocycles. The van der Waals surface area contributed by atoms with Crippen LogP contribution in [0.4, 0.5) is 0 Å². The van der Waals surface area contributed by atoms with Crippen LogP contribution in [-0.2, 0) is 4.79 Å². The molecule has 0 heterocycles. The van der Waals surface area contributed by atoms with Gasteiger partial charge in [0.05, 0.1) is 0 Å². The Morgan fingerprint density at radius 2 is 2.30 bits per heavy atom. The van der Waals surface area contributed by atoms with E-state index in [1.807, 2.05) is 6.92 Å². The van der Waals surface area contributed by atoms with E-state index in [4.69, 9.17) is 0 Å². The SMILES string of the molecule is CC(=O)[C@]1(O)CCC[C@H]1C. The van der Waals surface area contributed by atoms with Gasteiger partial charge in [-0.3, -0.25) is 4.79 Å². The average Bonchev–Trinajstić information content (AvgIpc) is 2.15. The summed E-state index contributed by atoms with van der Waals surface area (Å²) in [7, 11) is 0. The van der Waals surface area contributed by atoms with Gasteiger partial charge < -0.3 is 5.11 Å². The molecule has 1 aliphatic rings. The van der Waals surface area contributed by atoms with Crippen molar-refractivity contribution in [3.05, 3.63) is 0 Å². The normalized spacial score (nSPS) is 40.1. The fraction of sp³-hybridized carbons (Fsp3) is 0.875. The van der Waals surface area contributed by atoms with Crippen LogP contribution in [0.15, 0.2) is 0 Å². The maximum absolute atomic E-state index is 10.9. The summed E-state index contributed by atoms with van der Waals surface area (Å²) in [6, 6.07) is 0. The van der Waals surface area contributed by atoms with Gasteiger partial charge in [0.2, 0.25) is 0 Å². The Labute approximate surface area is 61.2 Å². The average molecular weight is 142 g/mol. The molecule has 0 radical (unpaired) electrons. The van der Waals surface area contributed by atoms with Crippen LogP contribution >= 0.6 is 0 Å². The van der Waals surface area contributed by atoms with E-state index in [0.717, 1.165) is 12.8 Å². The van der Waals surface area contributed by atoms with Crippen molar-refractivity contribution in [1.82, 2.24) is 0 Å². The Morgan fingerprint density at radius 1 is 1.70 bits per heavy atom. The largest absolute Gasteiger partial charge is 0.382 e. The first-order valence-corrected chi connectivity index (χ1v) is 3.81. The summed E-state index contributed by atoms with van der Waals surface area (Å²) in [5, 5.41) is 9.69. The summed E-state index contributed by atoms with van der Waals surface area (Å²) in [6.07, 6.45) is 2.62. The molecule has 0 saturated heterocycles. The minimum absolute atomic E-state index is 0.0718. The van der Waals surface area contributed by atoms with Gasteiger partial charge in [0.15, 0.2) is 5.78 Å². The Hall–Kier alpha value is -0.370. The topological polar surface area (TPSA) is 37.3 Å². The quantitative estimate of drug-likeness (QED) is 0.595. The summed E-state index contributed by atoms with van der Waals surface area (Å²) in [5.41, 5.74) is -0.986. The van der Waals surface area contributed by atoms with Crippen LogP contribution in [0.5, 0.6) is 0 Å². The predicted molar refractivity (Wildman–Crippen MR) is 38.6 cm³/mol. The van der Waals surface area contributed by atoms with E-state index in [9.17, 15) is 9.90 Å². The van der Waals surface area contributed by atoms with E-state index in [1.54, 1.807) is 0 Å². The van der Waals surface area contributed by atoms with E-state index in [-0.39, 0.29) is 11.7 Å². The van der Waals surface area contributed by atoms with Crippen molar-refractivity contribution < 1.29 is 9.90 Å². The maximum Gasteiger partial charge on any atom is 0.161 e. The van der Waals surface area contributed by atoms with Gasteiger partial charge in [0.25, 0.3) is 0 Å². The highest BCUT2D eigenvalue weighted by atomic mass is 16.3. The number of ketones is 1. The first-order valence-electron chi connectivity index (χ1n) is 3.81. The molecule has 1 saturated carbocycles. The van der Waals surface area contributed by atoms with Crippen molar-refractivity contribution in [2.24, 2.45) is 5.92 Å². The van der Waals surface area contributed by atoms with E-state index in [1.165, 1.54) is 6.92 Å². The number of rotatable bonds is 1. The lowest BCUT2D eigenvalue weighted by Gasteiger charge is -2.23. The first-order chi connectivity index (χ1) is 4.57. The Balaban J connectivity index is 2.75. The van der Waals surface area contributed by atoms with Crippen molar-refractivity contribution in [3.63, 3.8) is 0 Å². The lowest BCUT2D eigenvalue weighted by atomic mass is 9.89. The second-order valence-corrected chi connectivity index (χ2v) is 3.27. The monoisotopic (exact) mass is 142 g/mol. The Kier molecular flexibility index (Phi) is 1.82. The van der Waals surface area contributed by atoms with Crippen LogP contribution in [0.3, 0.4) is 0 Å². The highest BCUT2D eigenvalue weighted by Gasteiger charge is 2.42. The number of Topliss-reactive ketones (excluding diaryl/α,β-unsaturated/α-hetero) is 1. The zero-order valence-electron chi connectivity index (χ0n) is 6.55. The molecule has 58 valence electrons. The standard InChI is InChI=1S/C8H14O2/c1-6-4-3-5-8(6,10)7(2)9/h6,10H,3-5H2,1-2H3/t6-,8+/m1/s1. The molecule has 0 amide bonds. The van der Waals surface area contributed by atoms with Gasteiger partial charge in [0, 0.05) is 0 Å². The summed E-state index contributed by atoms with van der Waals surface area (Å²) in [4.78, 5) is 10.9. The molecule has 0 aromatic carbocycles. The van der Waals surface area contributed by atoms with Crippen LogP contribution < -0.4 is 0 Å². The van der Waals surface area contributed by atoms with E-state index in [0.29, 0.717) is 6.42 Å².